The molecule has 1 aromatic rings. The van der Waals surface area contributed by atoms with E-state index in [1.807, 2.05) is 12.1 Å². The summed E-state index contributed by atoms with van der Waals surface area (Å²) in [6.07, 6.45) is 5.19. The largest absolute Gasteiger partial charge is 0.353 e. The fourth-order valence-electron chi connectivity index (χ4n) is 2.03. The first kappa shape index (κ1) is 9.19. The zero-order valence-electron chi connectivity index (χ0n) is 8.23. The molecule has 2 unspecified atom stereocenters. The van der Waals surface area contributed by atoms with Gasteiger partial charge in [-0.2, -0.15) is 0 Å². The lowest BCUT2D eigenvalue weighted by Crippen LogP contribution is -2.41. The molecule has 0 radical (unpaired) electrons. The summed E-state index contributed by atoms with van der Waals surface area (Å²) in [7, 11) is 0. The Kier molecular flexibility index (Phi) is 2.48. The molecule has 0 saturated carbocycles. The zero-order chi connectivity index (χ0) is 9.97. The maximum Gasteiger partial charge on any atom is 0.220 e. The van der Waals surface area contributed by atoms with Gasteiger partial charge in [0.1, 0.15) is 0 Å². The van der Waals surface area contributed by atoms with Crippen LogP contribution in [0.5, 0.6) is 0 Å². The van der Waals surface area contributed by atoms with Crippen molar-refractivity contribution >= 4 is 5.91 Å². The van der Waals surface area contributed by atoms with Gasteiger partial charge in [-0.15, -0.1) is 0 Å². The van der Waals surface area contributed by atoms with E-state index in [4.69, 9.17) is 0 Å². The van der Waals surface area contributed by atoms with Gasteiger partial charge >= 0.3 is 0 Å². The van der Waals surface area contributed by atoms with Crippen LogP contribution in [0, 0.1) is 0 Å². The van der Waals surface area contributed by atoms with Gasteiger partial charge in [-0.1, -0.05) is 0 Å². The molecule has 1 fully saturated rings. The number of carbonyl (C=O) groups excluding carboxylic acids is 1. The monoisotopic (exact) mass is 190 g/mol. The second kappa shape index (κ2) is 3.78. The summed E-state index contributed by atoms with van der Waals surface area (Å²) in [6, 6.07) is 4.29. The van der Waals surface area contributed by atoms with Gasteiger partial charge in [0.05, 0.1) is 0 Å². The Balaban J connectivity index is 2.16. The highest BCUT2D eigenvalue weighted by Crippen LogP contribution is 2.27. The molecular weight excluding hydrogens is 176 g/mol. The van der Waals surface area contributed by atoms with Crippen LogP contribution >= 0.6 is 0 Å². The van der Waals surface area contributed by atoms with E-state index in [1.54, 1.807) is 12.4 Å². The van der Waals surface area contributed by atoms with Crippen molar-refractivity contribution in [2.75, 3.05) is 0 Å². The first-order chi connectivity index (χ1) is 6.77. The Morgan fingerprint density at radius 2 is 2.14 bits per heavy atom. The molecule has 1 aliphatic heterocycles. The van der Waals surface area contributed by atoms with Crippen LogP contribution in [0.1, 0.15) is 31.2 Å². The van der Waals surface area contributed by atoms with Gasteiger partial charge in [0.15, 0.2) is 0 Å². The van der Waals surface area contributed by atoms with Crippen molar-refractivity contribution in [1.29, 1.82) is 0 Å². The number of hydrogen-bond acceptors (Lipinski definition) is 2. The van der Waals surface area contributed by atoms with Crippen LogP contribution in [0.15, 0.2) is 24.5 Å². The summed E-state index contributed by atoms with van der Waals surface area (Å²) >= 11 is 0. The van der Waals surface area contributed by atoms with E-state index in [9.17, 15) is 4.79 Å². The second-order valence-electron chi connectivity index (χ2n) is 3.78. The number of carbonyl (C=O) groups is 1. The summed E-state index contributed by atoms with van der Waals surface area (Å²) in [5, 5.41) is 2.97. The van der Waals surface area contributed by atoms with Crippen LogP contribution in [0.3, 0.4) is 0 Å². The minimum Gasteiger partial charge on any atom is -0.353 e. The third-order valence-corrected chi connectivity index (χ3v) is 2.81. The van der Waals surface area contributed by atoms with Crippen molar-refractivity contribution in [1.82, 2.24) is 10.3 Å². The quantitative estimate of drug-likeness (QED) is 0.728. The van der Waals surface area contributed by atoms with Gasteiger partial charge in [0.25, 0.3) is 0 Å². The van der Waals surface area contributed by atoms with Crippen LogP contribution in [-0.2, 0) is 4.79 Å². The number of aromatic nitrogens is 1. The highest BCUT2D eigenvalue weighted by atomic mass is 16.1. The molecule has 1 N–H and O–H groups in total. The average molecular weight is 190 g/mol. The lowest BCUT2D eigenvalue weighted by atomic mass is 9.86. The van der Waals surface area contributed by atoms with E-state index in [0.717, 1.165) is 6.42 Å². The van der Waals surface area contributed by atoms with E-state index in [-0.39, 0.29) is 11.9 Å². The summed E-state index contributed by atoms with van der Waals surface area (Å²) in [6.45, 7) is 2.06. The standard InChI is InChI=1S/C11H14N2O/c1-8-10(2-3-11(14)13-8)9-4-6-12-7-5-9/h4-8,10H,2-3H2,1H3,(H,13,14). The molecule has 1 aromatic heterocycles. The maximum atomic E-state index is 11.1. The van der Waals surface area contributed by atoms with Crippen molar-refractivity contribution in [2.45, 2.75) is 31.7 Å². The minimum atomic E-state index is 0.169. The lowest BCUT2D eigenvalue weighted by Gasteiger charge is -2.29. The van der Waals surface area contributed by atoms with Crippen molar-refractivity contribution < 1.29 is 4.79 Å². The Bertz CT molecular complexity index is 323. The molecule has 0 spiro atoms. The summed E-state index contributed by atoms with van der Waals surface area (Å²) in [4.78, 5) is 15.1. The smallest absolute Gasteiger partial charge is 0.220 e. The molecule has 0 bridgehead atoms. The summed E-state index contributed by atoms with van der Waals surface area (Å²) < 4.78 is 0. The van der Waals surface area contributed by atoms with Gasteiger partial charge in [0, 0.05) is 30.8 Å². The Hall–Kier alpha value is -1.38. The van der Waals surface area contributed by atoms with E-state index in [1.165, 1.54) is 5.56 Å². The molecule has 1 amide bonds. The van der Waals surface area contributed by atoms with Gasteiger partial charge in [0.2, 0.25) is 5.91 Å². The van der Waals surface area contributed by atoms with Crippen molar-refractivity contribution in [3.05, 3.63) is 30.1 Å². The van der Waals surface area contributed by atoms with Gasteiger partial charge in [-0.05, 0) is 31.0 Å². The van der Waals surface area contributed by atoms with Crippen molar-refractivity contribution in [3.8, 4) is 0 Å². The predicted octanol–water partition coefficient (Wildman–Crippen LogP) is 1.46. The van der Waals surface area contributed by atoms with Gasteiger partial charge < -0.3 is 5.32 Å². The summed E-state index contributed by atoms with van der Waals surface area (Å²) in [5.41, 5.74) is 1.27. The molecule has 3 heteroatoms. The molecule has 2 rings (SSSR count). The van der Waals surface area contributed by atoms with E-state index in [0.29, 0.717) is 12.3 Å². The fourth-order valence-corrected chi connectivity index (χ4v) is 2.03. The maximum absolute atomic E-state index is 11.1. The molecule has 3 nitrogen and oxygen atoms in total. The van der Waals surface area contributed by atoms with Crippen LogP contribution < -0.4 is 5.32 Å². The van der Waals surface area contributed by atoms with Gasteiger partial charge in [-0.25, -0.2) is 0 Å². The van der Waals surface area contributed by atoms with Crippen molar-refractivity contribution in [3.63, 3.8) is 0 Å². The Morgan fingerprint density at radius 3 is 2.79 bits per heavy atom. The number of rotatable bonds is 1. The average Bonchev–Trinajstić information content (AvgIpc) is 2.19. The first-order valence-corrected chi connectivity index (χ1v) is 4.96. The Morgan fingerprint density at radius 1 is 1.43 bits per heavy atom. The number of nitrogens with zero attached hydrogens (tertiary/aromatic N) is 1. The van der Waals surface area contributed by atoms with E-state index in [2.05, 4.69) is 17.2 Å². The number of amides is 1. The number of nitrogens with one attached hydrogen (secondary N) is 1. The highest BCUT2D eigenvalue weighted by Gasteiger charge is 2.25. The third kappa shape index (κ3) is 1.76. The molecular formula is C11H14N2O. The molecule has 1 aliphatic rings. The molecule has 0 aliphatic carbocycles. The predicted molar refractivity (Wildman–Crippen MR) is 53.8 cm³/mol. The van der Waals surface area contributed by atoms with E-state index >= 15 is 0 Å². The van der Waals surface area contributed by atoms with Crippen LogP contribution in [0.2, 0.25) is 0 Å². The Labute approximate surface area is 83.5 Å². The molecule has 1 saturated heterocycles. The molecule has 2 atom stereocenters. The third-order valence-electron chi connectivity index (χ3n) is 2.81. The molecule has 14 heavy (non-hydrogen) atoms. The minimum absolute atomic E-state index is 0.169. The lowest BCUT2D eigenvalue weighted by molar-refractivity contribution is -0.123. The first-order valence-electron chi connectivity index (χ1n) is 4.96. The number of piperidine rings is 1. The molecule has 2 heterocycles. The topological polar surface area (TPSA) is 42.0 Å². The fraction of sp³-hybridized carbons (Fsp3) is 0.455. The summed E-state index contributed by atoms with van der Waals surface area (Å²) in [5.74, 6) is 0.610. The van der Waals surface area contributed by atoms with E-state index < -0.39 is 0 Å². The number of hydrogen-bond donors (Lipinski definition) is 1. The molecule has 74 valence electrons. The normalized spacial score (nSPS) is 27.1. The van der Waals surface area contributed by atoms with Gasteiger partial charge in [-0.3, -0.25) is 9.78 Å². The van der Waals surface area contributed by atoms with Crippen LogP contribution in [0.25, 0.3) is 0 Å². The highest BCUT2D eigenvalue weighted by molar-refractivity contribution is 5.77. The van der Waals surface area contributed by atoms with Crippen molar-refractivity contribution in [2.24, 2.45) is 0 Å². The van der Waals surface area contributed by atoms with Crippen LogP contribution in [-0.4, -0.2) is 16.9 Å². The zero-order valence-corrected chi connectivity index (χ0v) is 8.23. The second-order valence-corrected chi connectivity index (χ2v) is 3.78. The number of pyridine rings is 1. The molecule has 0 aromatic carbocycles. The van der Waals surface area contributed by atoms with Crippen LogP contribution in [0.4, 0.5) is 0 Å². The SMILES string of the molecule is CC1NC(=O)CCC1c1ccncc1.